The molecule has 10 aromatic carbocycles. The van der Waals surface area contributed by atoms with Crippen LogP contribution < -0.4 is 0 Å². The minimum Gasteiger partial charge on any atom is -0.456 e. The first-order valence-electron chi connectivity index (χ1n) is 18.9. The van der Waals surface area contributed by atoms with Crippen LogP contribution in [0, 0.1) is 0 Å². The molecule has 0 fully saturated rings. The number of rotatable bonds is 5. The highest BCUT2D eigenvalue weighted by Crippen LogP contribution is 2.45. The molecule has 0 spiro atoms. The first-order valence-corrected chi connectivity index (χ1v) is 18.9. The van der Waals surface area contributed by atoms with E-state index >= 15 is 0 Å². The Labute approximate surface area is 319 Å². The van der Waals surface area contributed by atoms with E-state index in [0.29, 0.717) is 0 Å². The van der Waals surface area contributed by atoms with Crippen molar-refractivity contribution in [1.29, 1.82) is 0 Å². The van der Waals surface area contributed by atoms with Crippen LogP contribution in [0.15, 0.2) is 211 Å². The van der Waals surface area contributed by atoms with Gasteiger partial charge in [-0.3, -0.25) is 0 Å². The molecule has 1 heteroatoms. The Morgan fingerprint density at radius 1 is 0.236 bits per heavy atom. The molecule has 0 atom stereocenters. The monoisotopic (exact) mass is 698 g/mol. The molecule has 0 radical (unpaired) electrons. The van der Waals surface area contributed by atoms with Gasteiger partial charge in [-0.15, -0.1) is 0 Å². The van der Waals surface area contributed by atoms with Crippen molar-refractivity contribution in [3.8, 4) is 55.6 Å². The van der Waals surface area contributed by atoms with Crippen molar-refractivity contribution in [3.05, 3.63) is 206 Å². The van der Waals surface area contributed by atoms with E-state index in [1.165, 1.54) is 88.0 Å². The Morgan fingerprint density at radius 2 is 0.673 bits per heavy atom. The summed E-state index contributed by atoms with van der Waals surface area (Å²) in [5, 5.41) is 9.79. The number of benzene rings is 10. The molecule has 0 bridgehead atoms. The van der Waals surface area contributed by atoms with Gasteiger partial charge in [-0.05, 0) is 118 Å². The van der Waals surface area contributed by atoms with Crippen LogP contribution in [0.2, 0.25) is 0 Å². The topological polar surface area (TPSA) is 13.1 Å². The Hall–Kier alpha value is -7.22. The average molecular weight is 699 g/mol. The molecule has 11 rings (SSSR count). The summed E-state index contributed by atoms with van der Waals surface area (Å²) in [6, 6.07) is 74.8. The number of furan rings is 1. The minimum absolute atomic E-state index is 0.904. The van der Waals surface area contributed by atoms with Crippen molar-refractivity contribution in [2.45, 2.75) is 0 Å². The van der Waals surface area contributed by atoms with Crippen LogP contribution in [0.25, 0.3) is 110 Å². The van der Waals surface area contributed by atoms with Gasteiger partial charge in [-0.25, -0.2) is 0 Å². The lowest BCUT2D eigenvalue weighted by Crippen LogP contribution is -1.91. The predicted molar refractivity (Wildman–Crippen MR) is 233 cm³/mol. The van der Waals surface area contributed by atoms with Gasteiger partial charge in [0.2, 0.25) is 0 Å². The molecule has 0 aliphatic carbocycles. The summed E-state index contributed by atoms with van der Waals surface area (Å²) in [5.74, 6) is 0. The first-order chi connectivity index (χ1) is 27.3. The molecule has 1 nitrogen and oxygen atoms in total. The molecule has 0 amide bonds. The van der Waals surface area contributed by atoms with Crippen molar-refractivity contribution in [1.82, 2.24) is 0 Å². The molecule has 256 valence electrons. The molecule has 0 aliphatic heterocycles. The van der Waals surface area contributed by atoms with E-state index in [-0.39, 0.29) is 0 Å². The van der Waals surface area contributed by atoms with Gasteiger partial charge in [-0.2, -0.15) is 0 Å². The Kier molecular flexibility index (Phi) is 7.25. The van der Waals surface area contributed by atoms with E-state index in [2.05, 4.69) is 206 Å². The van der Waals surface area contributed by atoms with Gasteiger partial charge in [0.05, 0.1) is 0 Å². The van der Waals surface area contributed by atoms with Gasteiger partial charge in [0, 0.05) is 10.8 Å². The molecule has 11 aromatic rings. The van der Waals surface area contributed by atoms with E-state index in [0.717, 1.165) is 21.9 Å². The highest BCUT2D eigenvalue weighted by atomic mass is 16.3. The molecule has 0 unspecified atom stereocenters. The zero-order valence-electron chi connectivity index (χ0n) is 30.0. The second-order valence-corrected chi connectivity index (χ2v) is 14.4. The number of hydrogen-bond acceptors (Lipinski definition) is 1. The lowest BCUT2D eigenvalue weighted by atomic mass is 9.85. The predicted octanol–water partition coefficient (Wildman–Crippen LogP) is 15.4. The highest BCUT2D eigenvalue weighted by molar-refractivity contribution is 6.21. The number of fused-ring (bicyclic) bond motifs is 6. The van der Waals surface area contributed by atoms with Crippen molar-refractivity contribution in [2.75, 3.05) is 0 Å². The van der Waals surface area contributed by atoms with Gasteiger partial charge >= 0.3 is 0 Å². The van der Waals surface area contributed by atoms with E-state index in [4.69, 9.17) is 4.42 Å². The molecular formula is C54H34O. The summed E-state index contributed by atoms with van der Waals surface area (Å²) in [5.41, 5.74) is 14.0. The maximum absolute atomic E-state index is 6.28. The van der Waals surface area contributed by atoms with Crippen LogP contribution >= 0.6 is 0 Å². The smallest absolute Gasteiger partial charge is 0.135 e. The largest absolute Gasteiger partial charge is 0.456 e. The fourth-order valence-electron chi connectivity index (χ4n) is 8.67. The third-order valence-corrected chi connectivity index (χ3v) is 11.3. The maximum Gasteiger partial charge on any atom is 0.135 e. The van der Waals surface area contributed by atoms with Crippen LogP contribution in [0.5, 0.6) is 0 Å². The van der Waals surface area contributed by atoms with E-state index < -0.39 is 0 Å². The minimum atomic E-state index is 0.904. The fourth-order valence-corrected chi connectivity index (χ4v) is 8.67. The normalized spacial score (nSPS) is 11.6. The molecule has 0 aliphatic rings. The lowest BCUT2D eigenvalue weighted by Gasteiger charge is -2.18. The summed E-state index contributed by atoms with van der Waals surface area (Å²) in [7, 11) is 0. The van der Waals surface area contributed by atoms with E-state index in [1.54, 1.807) is 0 Å². The Bertz CT molecular complexity index is 3180. The lowest BCUT2D eigenvalue weighted by molar-refractivity contribution is 0.669. The molecule has 0 saturated carbocycles. The third kappa shape index (κ3) is 5.24. The van der Waals surface area contributed by atoms with Crippen molar-refractivity contribution >= 4 is 54.3 Å². The number of hydrogen-bond donors (Lipinski definition) is 0. The van der Waals surface area contributed by atoms with Crippen LogP contribution in [-0.2, 0) is 0 Å². The van der Waals surface area contributed by atoms with Gasteiger partial charge < -0.3 is 4.42 Å². The quantitative estimate of drug-likeness (QED) is 0.163. The summed E-state index contributed by atoms with van der Waals surface area (Å²) in [4.78, 5) is 0. The zero-order valence-corrected chi connectivity index (χ0v) is 30.0. The SMILES string of the molecule is c1ccc(-c2ccc3oc4ccc(-c5ccc(-c6c7ccccc7c(-c7cccc(-c8cccc9ccccc89)c7)c7ccccc67)cc5)cc4c3c2)cc1. The van der Waals surface area contributed by atoms with Gasteiger partial charge in [-0.1, -0.05) is 176 Å². The van der Waals surface area contributed by atoms with Crippen LogP contribution in [0.4, 0.5) is 0 Å². The summed E-state index contributed by atoms with van der Waals surface area (Å²) in [6.45, 7) is 0. The van der Waals surface area contributed by atoms with Gasteiger partial charge in [0.25, 0.3) is 0 Å². The molecule has 0 N–H and O–H groups in total. The molecule has 55 heavy (non-hydrogen) atoms. The Balaban J connectivity index is 1.03. The average Bonchev–Trinajstić information content (AvgIpc) is 3.63. The maximum atomic E-state index is 6.28. The van der Waals surface area contributed by atoms with Crippen LogP contribution in [0.3, 0.4) is 0 Å². The van der Waals surface area contributed by atoms with Gasteiger partial charge in [0.1, 0.15) is 11.2 Å². The fraction of sp³-hybridized carbons (Fsp3) is 0. The molecule has 1 aromatic heterocycles. The third-order valence-electron chi connectivity index (χ3n) is 11.3. The second-order valence-electron chi connectivity index (χ2n) is 14.4. The van der Waals surface area contributed by atoms with E-state index in [1.807, 2.05) is 0 Å². The van der Waals surface area contributed by atoms with Crippen molar-refractivity contribution in [3.63, 3.8) is 0 Å². The summed E-state index contributed by atoms with van der Waals surface area (Å²) >= 11 is 0. The Morgan fingerprint density at radius 3 is 1.31 bits per heavy atom. The van der Waals surface area contributed by atoms with Crippen molar-refractivity contribution < 1.29 is 4.42 Å². The van der Waals surface area contributed by atoms with Crippen LogP contribution in [0.1, 0.15) is 0 Å². The highest BCUT2D eigenvalue weighted by Gasteiger charge is 2.18. The first kappa shape index (κ1) is 31.3. The van der Waals surface area contributed by atoms with Gasteiger partial charge in [0.15, 0.2) is 0 Å². The summed E-state index contributed by atoms with van der Waals surface area (Å²) < 4.78 is 6.28. The second kappa shape index (κ2) is 12.7. The van der Waals surface area contributed by atoms with Crippen molar-refractivity contribution in [2.24, 2.45) is 0 Å². The van der Waals surface area contributed by atoms with E-state index in [9.17, 15) is 0 Å². The molecular weight excluding hydrogens is 665 g/mol. The summed E-state index contributed by atoms with van der Waals surface area (Å²) in [6.07, 6.45) is 0. The zero-order chi connectivity index (χ0) is 36.3. The molecule has 0 saturated heterocycles. The standard InChI is InChI=1S/C54H34O/c1-2-12-35(13-3-1)39-28-30-51-49(33-39)50-34-40(29-31-52(50)55-51)36-24-26-38(27-25-36)53-45-19-6-8-21-47(45)54(48-22-9-7-20-46(48)53)42-17-10-16-41(32-42)44-23-11-15-37-14-4-5-18-43(37)44/h1-34H. The van der Waals surface area contributed by atoms with Crippen LogP contribution in [-0.4, -0.2) is 0 Å². The molecule has 1 heterocycles.